The van der Waals surface area contributed by atoms with Crippen LogP contribution in [0.5, 0.6) is 0 Å². The molecule has 9 heteroatoms. The number of fused-ring (bicyclic) bond motifs is 1. The maximum Gasteiger partial charge on any atom is 0.412 e. The minimum absolute atomic E-state index is 0.184. The van der Waals surface area contributed by atoms with Gasteiger partial charge in [-0.3, -0.25) is 10.1 Å². The molecule has 1 amide bonds. The van der Waals surface area contributed by atoms with Crippen molar-refractivity contribution in [1.29, 1.82) is 0 Å². The Morgan fingerprint density at radius 2 is 1.88 bits per heavy atom. The van der Waals surface area contributed by atoms with E-state index in [4.69, 9.17) is 4.74 Å². The Morgan fingerprint density at radius 1 is 1.21 bits per heavy atom. The molecule has 1 aromatic heterocycles. The lowest BCUT2D eigenvalue weighted by Gasteiger charge is -2.26. The number of anilines is 1. The summed E-state index contributed by atoms with van der Waals surface area (Å²) in [5, 5.41) is 4.61. The summed E-state index contributed by atoms with van der Waals surface area (Å²) in [4.78, 5) is 26.8. The van der Waals surface area contributed by atoms with Crippen LogP contribution in [0.2, 0.25) is 0 Å². The second-order valence-corrected chi connectivity index (χ2v) is 7.02. The first-order chi connectivity index (χ1) is 11.4. The molecule has 0 aliphatic heterocycles. The van der Waals surface area contributed by atoms with Crippen molar-refractivity contribution in [3.05, 3.63) is 40.3 Å². The monoisotopic (exact) mass is 526 g/mol. The summed E-state index contributed by atoms with van der Waals surface area (Å²) in [7, 11) is 0. The highest BCUT2D eigenvalue weighted by Gasteiger charge is 2.28. The highest BCUT2D eigenvalue weighted by molar-refractivity contribution is 9.10. The van der Waals surface area contributed by atoms with E-state index in [2.05, 4.69) is 58.1 Å². The number of hydrogen-bond acceptors (Lipinski definition) is 3. The van der Waals surface area contributed by atoms with Gasteiger partial charge in [-0.2, -0.15) is 0 Å². The van der Waals surface area contributed by atoms with E-state index >= 15 is 0 Å². The minimum Gasteiger partial charge on any atom is -0.449 e. The lowest BCUT2D eigenvalue weighted by molar-refractivity contribution is 0.125. The van der Waals surface area contributed by atoms with Crippen molar-refractivity contribution in [2.75, 3.05) is 27.9 Å². The van der Waals surface area contributed by atoms with Gasteiger partial charge in [0, 0.05) is 32.9 Å². The van der Waals surface area contributed by atoms with Gasteiger partial charge in [-0.05, 0) is 18.2 Å². The van der Waals surface area contributed by atoms with Crippen LogP contribution < -0.4 is 10.7 Å². The molecule has 0 bridgehead atoms. The zero-order valence-corrected chi connectivity index (χ0v) is 17.1. The zero-order valence-electron chi connectivity index (χ0n) is 12.4. The molecule has 0 unspecified atom stereocenters. The quantitative estimate of drug-likeness (QED) is 0.546. The van der Waals surface area contributed by atoms with Crippen LogP contribution in [0, 0.1) is 11.2 Å². The third-order valence-corrected chi connectivity index (χ3v) is 6.96. The number of H-pyrrole nitrogens is 1. The SMILES string of the molecule is O=C(Nc1cc(=O)c2cc(F)ccc2[nH]1)OCC(CBr)(CBr)CBr. The summed E-state index contributed by atoms with van der Waals surface area (Å²) < 4.78 is 18.4. The number of benzene rings is 1. The Labute approximate surface area is 162 Å². The first-order valence-electron chi connectivity index (χ1n) is 6.87. The molecule has 0 saturated heterocycles. The van der Waals surface area contributed by atoms with Crippen molar-refractivity contribution < 1.29 is 13.9 Å². The van der Waals surface area contributed by atoms with Crippen LogP contribution in [-0.2, 0) is 4.74 Å². The molecule has 24 heavy (non-hydrogen) atoms. The number of ether oxygens (including phenoxy) is 1. The standard InChI is InChI=1S/C15H14Br3FN2O3/c16-5-15(6-17,7-18)8-24-14(23)21-13-4-12(22)10-3-9(19)1-2-11(10)20-13/h1-4H,5-8H2,(H2,20,21,22,23). The average Bonchev–Trinajstić information content (AvgIpc) is 2.57. The first kappa shape index (κ1) is 19.4. The highest BCUT2D eigenvalue weighted by atomic mass is 79.9. The van der Waals surface area contributed by atoms with Gasteiger partial charge in [0.05, 0.1) is 5.52 Å². The van der Waals surface area contributed by atoms with Gasteiger partial charge in [0.2, 0.25) is 0 Å². The molecule has 1 aromatic carbocycles. The van der Waals surface area contributed by atoms with Gasteiger partial charge in [-0.1, -0.05) is 47.8 Å². The predicted molar refractivity (Wildman–Crippen MR) is 103 cm³/mol. The lowest BCUT2D eigenvalue weighted by Crippen LogP contribution is -2.34. The number of pyridine rings is 1. The first-order valence-corrected chi connectivity index (χ1v) is 10.2. The number of rotatable bonds is 6. The molecule has 2 rings (SSSR count). The molecule has 0 saturated carbocycles. The molecule has 0 atom stereocenters. The van der Waals surface area contributed by atoms with Crippen molar-refractivity contribution >= 4 is 70.6 Å². The number of halogens is 4. The molecule has 5 nitrogen and oxygen atoms in total. The Kier molecular flexibility index (Phi) is 6.82. The van der Waals surface area contributed by atoms with Crippen LogP contribution >= 0.6 is 47.8 Å². The Bertz CT molecular complexity index is 785. The summed E-state index contributed by atoms with van der Waals surface area (Å²) >= 11 is 10.2. The number of aromatic amines is 1. The number of nitrogens with one attached hydrogen (secondary N) is 2. The average molecular weight is 529 g/mol. The van der Waals surface area contributed by atoms with Crippen LogP contribution in [0.4, 0.5) is 15.0 Å². The van der Waals surface area contributed by atoms with E-state index in [-0.39, 0.29) is 23.2 Å². The van der Waals surface area contributed by atoms with E-state index in [9.17, 15) is 14.0 Å². The van der Waals surface area contributed by atoms with Crippen LogP contribution in [0.1, 0.15) is 0 Å². The molecule has 0 spiro atoms. The minimum atomic E-state index is -0.681. The largest absolute Gasteiger partial charge is 0.449 e. The molecule has 0 fully saturated rings. The number of hydrogen-bond donors (Lipinski definition) is 2. The molecule has 0 radical (unpaired) electrons. The lowest BCUT2D eigenvalue weighted by atomic mass is 9.98. The zero-order chi connectivity index (χ0) is 17.7. The second kappa shape index (κ2) is 8.44. The van der Waals surface area contributed by atoms with Crippen molar-refractivity contribution in [3.8, 4) is 0 Å². The van der Waals surface area contributed by atoms with E-state index < -0.39 is 17.3 Å². The molecular formula is C15H14Br3FN2O3. The van der Waals surface area contributed by atoms with Crippen LogP contribution in [0.25, 0.3) is 10.9 Å². The third-order valence-electron chi connectivity index (χ3n) is 3.39. The molecule has 1 heterocycles. The van der Waals surface area contributed by atoms with Gasteiger partial charge in [0.1, 0.15) is 18.2 Å². The number of carbonyl (C=O) groups is 1. The Balaban J connectivity index is 2.11. The summed E-state index contributed by atoms with van der Waals surface area (Å²) in [6.07, 6.45) is -0.681. The fraction of sp³-hybridized carbons (Fsp3) is 0.333. The van der Waals surface area contributed by atoms with Gasteiger partial charge < -0.3 is 9.72 Å². The van der Waals surface area contributed by atoms with Crippen LogP contribution in [0.15, 0.2) is 29.1 Å². The van der Waals surface area contributed by atoms with Gasteiger partial charge in [-0.25, -0.2) is 9.18 Å². The predicted octanol–water partition coefficient (Wildman–Crippen LogP) is 4.39. The number of amides is 1. The molecule has 2 aromatic rings. The normalized spacial score (nSPS) is 11.5. The fourth-order valence-electron chi connectivity index (χ4n) is 1.87. The molecule has 130 valence electrons. The van der Waals surface area contributed by atoms with Crippen molar-refractivity contribution in [1.82, 2.24) is 4.98 Å². The maximum absolute atomic E-state index is 13.2. The number of aromatic nitrogens is 1. The second-order valence-electron chi connectivity index (χ2n) is 5.34. The maximum atomic E-state index is 13.2. The van der Waals surface area contributed by atoms with Gasteiger partial charge in [-0.15, -0.1) is 0 Å². The van der Waals surface area contributed by atoms with E-state index in [1.165, 1.54) is 18.2 Å². The molecule has 0 aliphatic carbocycles. The van der Waals surface area contributed by atoms with Crippen LogP contribution in [-0.4, -0.2) is 33.7 Å². The smallest absolute Gasteiger partial charge is 0.412 e. The van der Waals surface area contributed by atoms with Crippen molar-refractivity contribution in [3.63, 3.8) is 0 Å². The fourth-order valence-corrected chi connectivity index (χ4v) is 5.15. The summed E-state index contributed by atoms with van der Waals surface area (Å²) in [5.41, 5.74) is -0.241. The molecule has 0 aliphatic rings. The highest BCUT2D eigenvalue weighted by Crippen LogP contribution is 2.26. The van der Waals surface area contributed by atoms with Gasteiger partial charge in [0.25, 0.3) is 0 Å². The topological polar surface area (TPSA) is 71.2 Å². The Hall–Kier alpha value is -0.930. The number of carbonyl (C=O) groups excluding carboxylic acids is 1. The van der Waals surface area contributed by atoms with E-state index in [1.54, 1.807) is 0 Å². The summed E-state index contributed by atoms with van der Waals surface area (Å²) in [5.74, 6) is -0.310. The Morgan fingerprint density at radius 3 is 2.50 bits per heavy atom. The number of alkyl halides is 3. The van der Waals surface area contributed by atoms with Gasteiger partial charge in [0.15, 0.2) is 5.43 Å². The molecule has 2 N–H and O–H groups in total. The molecular weight excluding hydrogens is 515 g/mol. The van der Waals surface area contributed by atoms with E-state index in [1.807, 2.05) is 0 Å². The van der Waals surface area contributed by atoms with E-state index in [0.29, 0.717) is 21.5 Å². The summed E-state index contributed by atoms with van der Waals surface area (Å²) in [6, 6.07) is 5.01. The third kappa shape index (κ3) is 4.58. The van der Waals surface area contributed by atoms with Gasteiger partial charge >= 0.3 is 6.09 Å². The van der Waals surface area contributed by atoms with Crippen molar-refractivity contribution in [2.24, 2.45) is 5.41 Å². The van der Waals surface area contributed by atoms with Crippen molar-refractivity contribution in [2.45, 2.75) is 0 Å². The van der Waals surface area contributed by atoms with E-state index in [0.717, 1.165) is 6.07 Å². The summed E-state index contributed by atoms with van der Waals surface area (Å²) in [6.45, 7) is 0.184. The van der Waals surface area contributed by atoms with Crippen LogP contribution in [0.3, 0.4) is 0 Å².